The maximum atomic E-state index is 14.3. The lowest BCUT2D eigenvalue weighted by Gasteiger charge is -2.27. The summed E-state index contributed by atoms with van der Waals surface area (Å²) in [5, 5.41) is 13.7. The van der Waals surface area contributed by atoms with E-state index in [-0.39, 0.29) is 31.6 Å². The lowest BCUT2D eigenvalue weighted by Crippen LogP contribution is -2.35. The van der Waals surface area contributed by atoms with Crippen LogP contribution < -0.4 is 24.3 Å². The maximum absolute atomic E-state index is 14.3. The molecule has 2 aliphatic rings. The number of amides is 1. The van der Waals surface area contributed by atoms with Crippen molar-refractivity contribution in [3.63, 3.8) is 0 Å². The number of hydrogen-bond acceptors (Lipinski definition) is 7. The van der Waals surface area contributed by atoms with E-state index in [4.69, 9.17) is 18.9 Å². The van der Waals surface area contributed by atoms with Gasteiger partial charge in [-0.2, -0.15) is 0 Å². The number of nitrogens with one attached hydrogen (secondary N) is 1. The van der Waals surface area contributed by atoms with E-state index in [2.05, 4.69) is 12.2 Å². The molecule has 1 amide bonds. The average Bonchev–Trinajstić information content (AvgIpc) is 3.68. The van der Waals surface area contributed by atoms with Gasteiger partial charge in [0.2, 0.25) is 18.4 Å². The third-order valence-corrected chi connectivity index (χ3v) is 8.87. The van der Waals surface area contributed by atoms with Crippen molar-refractivity contribution in [2.24, 2.45) is 5.92 Å². The number of likely N-dealkylation sites (tertiary alicyclic amines) is 1. The number of rotatable bonds is 14. The van der Waals surface area contributed by atoms with E-state index in [1.165, 1.54) is 19.2 Å². The first-order valence-corrected chi connectivity index (χ1v) is 16.1. The zero-order valence-corrected chi connectivity index (χ0v) is 26.9. The van der Waals surface area contributed by atoms with Gasteiger partial charge in [0.1, 0.15) is 11.6 Å². The second kappa shape index (κ2) is 14.9. The highest BCUT2D eigenvalue weighted by atomic mass is 19.1. The lowest BCUT2D eigenvalue weighted by atomic mass is 9.82. The Morgan fingerprint density at radius 1 is 1.00 bits per heavy atom. The van der Waals surface area contributed by atoms with Crippen LogP contribution >= 0.6 is 0 Å². The number of fused-ring (bicyclic) bond motifs is 1. The van der Waals surface area contributed by atoms with Gasteiger partial charge < -0.3 is 29.4 Å². The Kier molecular flexibility index (Phi) is 10.7. The Labute approximate surface area is 269 Å². The summed E-state index contributed by atoms with van der Waals surface area (Å²) in [5.41, 5.74) is 3.53. The molecule has 2 aliphatic heterocycles. The summed E-state index contributed by atoms with van der Waals surface area (Å²) >= 11 is 0. The smallest absolute Gasteiger partial charge is 0.309 e. The van der Waals surface area contributed by atoms with Crippen molar-refractivity contribution in [3.8, 4) is 23.0 Å². The van der Waals surface area contributed by atoms with Crippen molar-refractivity contribution >= 4 is 17.6 Å². The van der Waals surface area contributed by atoms with Crippen molar-refractivity contribution in [1.29, 1.82) is 0 Å². The van der Waals surface area contributed by atoms with Crippen LogP contribution in [0.3, 0.4) is 0 Å². The van der Waals surface area contributed by atoms with Gasteiger partial charge in [-0.25, -0.2) is 4.39 Å². The van der Waals surface area contributed by atoms with Gasteiger partial charge in [-0.1, -0.05) is 45.7 Å². The Morgan fingerprint density at radius 3 is 2.35 bits per heavy atom. The molecule has 0 spiro atoms. The van der Waals surface area contributed by atoms with E-state index in [0.717, 1.165) is 30.4 Å². The maximum Gasteiger partial charge on any atom is 0.309 e. The standard InChI is InChI=1S/C36H43FN2O7/c1-5-8-9-14-44-27-12-10-24(11-13-27)34-32(36(41)42)28(25-17-29(43-4)35-30(18-25)45-21-46-35)19-39(34)20-31(40)38-33-22(6-2)15-26(37)16-23(33)7-3/h10-13,15-18,28,32,34H,5-9,14,19-21H2,1-4H3,(H,38,40)(H,41,42)/t28-,32?,34+/m1/s1. The second-order valence-electron chi connectivity index (χ2n) is 11.8. The Balaban J connectivity index is 1.48. The molecule has 10 heteroatoms. The molecule has 5 rings (SSSR count). The summed E-state index contributed by atoms with van der Waals surface area (Å²) in [6.07, 6.45) is 4.24. The lowest BCUT2D eigenvalue weighted by molar-refractivity contribution is -0.143. The van der Waals surface area contributed by atoms with E-state index in [0.29, 0.717) is 59.3 Å². The summed E-state index contributed by atoms with van der Waals surface area (Å²) in [5.74, 6) is -0.856. The first kappa shape index (κ1) is 33.1. The van der Waals surface area contributed by atoms with Crippen LogP contribution in [0.1, 0.15) is 74.2 Å². The Hall–Kier alpha value is -4.31. The molecule has 0 radical (unpaired) electrons. The highest BCUT2D eigenvalue weighted by Crippen LogP contribution is 2.50. The first-order chi connectivity index (χ1) is 22.3. The third kappa shape index (κ3) is 7.07. The minimum absolute atomic E-state index is 0.0485. The van der Waals surface area contributed by atoms with E-state index in [9.17, 15) is 19.1 Å². The normalized spacial score (nSPS) is 18.8. The number of ether oxygens (including phenoxy) is 4. The number of anilines is 1. The molecule has 246 valence electrons. The fourth-order valence-corrected chi connectivity index (χ4v) is 6.60. The molecular formula is C36H43FN2O7. The van der Waals surface area contributed by atoms with Crippen LogP contribution in [0.25, 0.3) is 0 Å². The zero-order chi connectivity index (χ0) is 32.8. The van der Waals surface area contributed by atoms with Crippen LogP contribution in [-0.2, 0) is 22.4 Å². The van der Waals surface area contributed by atoms with Gasteiger partial charge in [0.15, 0.2) is 11.5 Å². The second-order valence-corrected chi connectivity index (χ2v) is 11.8. The average molecular weight is 635 g/mol. The molecular weight excluding hydrogens is 591 g/mol. The number of halogens is 1. The van der Waals surface area contributed by atoms with E-state index in [1.54, 1.807) is 12.1 Å². The molecule has 3 aromatic carbocycles. The van der Waals surface area contributed by atoms with Crippen LogP contribution in [0, 0.1) is 11.7 Å². The highest BCUT2D eigenvalue weighted by molar-refractivity contribution is 5.94. The fraction of sp³-hybridized carbons (Fsp3) is 0.444. The molecule has 2 heterocycles. The predicted molar refractivity (Wildman–Crippen MR) is 173 cm³/mol. The number of benzene rings is 3. The molecule has 0 saturated carbocycles. The summed E-state index contributed by atoms with van der Waals surface area (Å²) < 4.78 is 37.0. The van der Waals surface area contributed by atoms with Crippen molar-refractivity contribution in [2.75, 3.05) is 38.9 Å². The van der Waals surface area contributed by atoms with Crippen molar-refractivity contribution < 1.29 is 38.0 Å². The van der Waals surface area contributed by atoms with Gasteiger partial charge in [0.25, 0.3) is 0 Å². The molecule has 0 aliphatic carbocycles. The molecule has 1 fully saturated rings. The molecule has 1 unspecified atom stereocenters. The number of nitrogens with zero attached hydrogens (tertiary/aromatic N) is 1. The quantitative estimate of drug-likeness (QED) is 0.188. The zero-order valence-electron chi connectivity index (χ0n) is 26.9. The predicted octanol–water partition coefficient (Wildman–Crippen LogP) is 6.74. The summed E-state index contributed by atoms with van der Waals surface area (Å²) in [7, 11) is 1.53. The summed E-state index contributed by atoms with van der Waals surface area (Å²) in [6, 6.07) is 13.3. The van der Waals surface area contributed by atoms with Gasteiger partial charge in [-0.3, -0.25) is 14.5 Å². The van der Waals surface area contributed by atoms with E-state index >= 15 is 0 Å². The number of aryl methyl sites for hydroxylation is 2. The SMILES string of the molecule is CCCCCOc1ccc([C@H]2C(C(=O)O)[C@@H](c3cc(OC)c4c(c3)OCO4)CN2CC(=O)Nc2c(CC)cc(F)cc2CC)cc1. The van der Waals surface area contributed by atoms with Crippen LogP contribution in [-0.4, -0.2) is 55.5 Å². The van der Waals surface area contributed by atoms with Crippen LogP contribution in [0.4, 0.5) is 10.1 Å². The first-order valence-electron chi connectivity index (χ1n) is 16.1. The molecule has 1 saturated heterocycles. The van der Waals surface area contributed by atoms with Crippen LogP contribution in [0.15, 0.2) is 48.5 Å². The largest absolute Gasteiger partial charge is 0.494 e. The van der Waals surface area contributed by atoms with E-state index < -0.39 is 23.8 Å². The number of carbonyl (C=O) groups excluding carboxylic acids is 1. The number of unbranched alkanes of at least 4 members (excludes halogenated alkanes) is 2. The molecule has 0 bridgehead atoms. The number of carboxylic acid groups (broad SMARTS) is 1. The minimum Gasteiger partial charge on any atom is -0.494 e. The van der Waals surface area contributed by atoms with Gasteiger partial charge in [-0.15, -0.1) is 0 Å². The van der Waals surface area contributed by atoms with Gasteiger partial charge in [0, 0.05) is 24.2 Å². The van der Waals surface area contributed by atoms with E-state index in [1.807, 2.05) is 43.0 Å². The number of methoxy groups -OCH3 is 1. The highest BCUT2D eigenvalue weighted by Gasteiger charge is 2.48. The van der Waals surface area contributed by atoms with Crippen LogP contribution in [0.2, 0.25) is 0 Å². The topological polar surface area (TPSA) is 107 Å². The molecule has 3 atom stereocenters. The van der Waals surface area contributed by atoms with Crippen molar-refractivity contribution in [2.45, 2.75) is 64.8 Å². The molecule has 3 aromatic rings. The van der Waals surface area contributed by atoms with Crippen LogP contribution in [0.5, 0.6) is 23.0 Å². The fourth-order valence-electron chi connectivity index (χ4n) is 6.60. The Morgan fingerprint density at radius 2 is 1.72 bits per heavy atom. The number of hydrogen-bond donors (Lipinski definition) is 2. The van der Waals surface area contributed by atoms with Gasteiger partial charge in [0.05, 0.1) is 26.2 Å². The molecule has 46 heavy (non-hydrogen) atoms. The molecule has 2 N–H and O–H groups in total. The minimum atomic E-state index is -0.977. The monoisotopic (exact) mass is 634 g/mol. The summed E-state index contributed by atoms with van der Waals surface area (Å²) in [4.78, 5) is 28.7. The number of carbonyl (C=O) groups is 2. The van der Waals surface area contributed by atoms with Crippen molar-refractivity contribution in [3.05, 3.63) is 76.6 Å². The van der Waals surface area contributed by atoms with Gasteiger partial charge in [-0.05, 0) is 77.9 Å². The number of aliphatic carboxylic acids is 1. The molecule has 9 nitrogen and oxygen atoms in total. The summed E-state index contributed by atoms with van der Waals surface area (Å²) in [6.45, 7) is 6.85. The number of carboxylic acids is 1. The Bertz CT molecular complexity index is 1520. The molecule has 0 aromatic heterocycles. The van der Waals surface area contributed by atoms with Gasteiger partial charge >= 0.3 is 5.97 Å². The third-order valence-electron chi connectivity index (χ3n) is 8.87. The van der Waals surface area contributed by atoms with Crippen molar-refractivity contribution in [1.82, 2.24) is 4.90 Å².